The van der Waals surface area contributed by atoms with Crippen LogP contribution in [0.15, 0.2) is 21.7 Å². The highest BCUT2D eigenvalue weighted by Crippen LogP contribution is 2.21. The molecule has 0 aliphatic carbocycles. The number of aromatic nitrogens is 2. The molecular formula is C10H10N2O2S. The second kappa shape index (κ2) is 3.86. The summed E-state index contributed by atoms with van der Waals surface area (Å²) in [6.45, 7) is 2.05. The summed E-state index contributed by atoms with van der Waals surface area (Å²) in [4.78, 5) is 28.9. The number of hydrogen-bond donors (Lipinski definition) is 2. The molecule has 2 aromatic heterocycles. The van der Waals surface area contributed by atoms with Crippen LogP contribution in [0, 0.1) is 0 Å². The molecule has 2 heterocycles. The highest BCUT2D eigenvalue weighted by atomic mass is 32.1. The highest BCUT2D eigenvalue weighted by Gasteiger charge is 2.02. The first kappa shape index (κ1) is 9.92. The number of rotatable bonds is 2. The summed E-state index contributed by atoms with van der Waals surface area (Å²) in [7, 11) is 0. The zero-order chi connectivity index (χ0) is 10.8. The van der Waals surface area contributed by atoms with E-state index in [1.165, 1.54) is 11.3 Å². The quantitative estimate of drug-likeness (QED) is 0.759. The van der Waals surface area contributed by atoms with Crippen LogP contribution in [0.25, 0.3) is 16.4 Å². The molecule has 15 heavy (non-hydrogen) atoms. The Kier molecular flexibility index (Phi) is 2.55. The molecule has 2 rings (SSSR count). The highest BCUT2D eigenvalue weighted by molar-refractivity contribution is 7.19. The Labute approximate surface area is 89.3 Å². The van der Waals surface area contributed by atoms with E-state index >= 15 is 0 Å². The maximum absolute atomic E-state index is 11.0. The number of fused-ring (bicyclic) bond motifs is 1. The summed E-state index contributed by atoms with van der Waals surface area (Å²) < 4.78 is 0. The third kappa shape index (κ3) is 1.92. The smallest absolute Gasteiger partial charge is 0.314 e. The minimum Gasteiger partial charge on any atom is -0.315 e. The molecule has 0 aliphatic rings. The van der Waals surface area contributed by atoms with Gasteiger partial charge in [0.15, 0.2) is 0 Å². The first-order valence-electron chi connectivity index (χ1n) is 4.63. The van der Waals surface area contributed by atoms with Crippen molar-refractivity contribution < 1.29 is 0 Å². The molecule has 0 unspecified atom stereocenters. The van der Waals surface area contributed by atoms with E-state index in [1.54, 1.807) is 0 Å². The van der Waals surface area contributed by atoms with E-state index in [0.717, 1.165) is 11.3 Å². The van der Waals surface area contributed by atoms with Gasteiger partial charge in [0.25, 0.3) is 0 Å². The maximum atomic E-state index is 11.0. The van der Waals surface area contributed by atoms with Gasteiger partial charge >= 0.3 is 11.1 Å². The standard InChI is InChI=1S/C10H10N2O2S/c1-2-3-4-6-5-7-10(15-6)12-9(14)8(13)11-7/h3-5H,2H2,1H3,(H,11,13)(H,12,14)/b4-3+. The Morgan fingerprint density at radius 3 is 2.80 bits per heavy atom. The molecule has 0 fully saturated rings. The van der Waals surface area contributed by atoms with Gasteiger partial charge in [-0.15, -0.1) is 11.3 Å². The molecule has 2 aromatic rings. The molecule has 0 aliphatic heterocycles. The normalized spacial score (nSPS) is 11.5. The van der Waals surface area contributed by atoms with Crippen LogP contribution in [0.1, 0.15) is 18.2 Å². The number of nitrogens with one attached hydrogen (secondary N) is 2. The Balaban J connectivity index is 2.61. The van der Waals surface area contributed by atoms with Crippen LogP contribution in [0.4, 0.5) is 0 Å². The van der Waals surface area contributed by atoms with Crippen molar-refractivity contribution in [3.63, 3.8) is 0 Å². The molecule has 0 atom stereocenters. The SMILES string of the molecule is CC/C=C/c1cc2[nH]c(=O)c(=O)[nH]c2s1. The third-order valence-electron chi connectivity index (χ3n) is 1.95. The van der Waals surface area contributed by atoms with Crippen molar-refractivity contribution in [1.82, 2.24) is 9.97 Å². The van der Waals surface area contributed by atoms with Crippen molar-refractivity contribution >= 4 is 27.8 Å². The van der Waals surface area contributed by atoms with Crippen molar-refractivity contribution in [1.29, 1.82) is 0 Å². The second-order valence-electron chi connectivity index (χ2n) is 3.11. The van der Waals surface area contributed by atoms with E-state index in [9.17, 15) is 9.59 Å². The zero-order valence-corrected chi connectivity index (χ0v) is 8.98. The average Bonchev–Trinajstić information content (AvgIpc) is 2.58. The number of thiophene rings is 1. The summed E-state index contributed by atoms with van der Waals surface area (Å²) in [6.07, 6.45) is 4.96. The topological polar surface area (TPSA) is 65.7 Å². The lowest BCUT2D eigenvalue weighted by Gasteiger charge is -1.84. The third-order valence-corrected chi connectivity index (χ3v) is 2.97. The molecule has 4 nitrogen and oxygen atoms in total. The van der Waals surface area contributed by atoms with Gasteiger partial charge in [0.1, 0.15) is 4.83 Å². The number of aromatic amines is 2. The molecule has 0 amide bonds. The van der Waals surface area contributed by atoms with Gasteiger partial charge in [-0.1, -0.05) is 13.0 Å². The van der Waals surface area contributed by atoms with Gasteiger partial charge in [0, 0.05) is 4.88 Å². The van der Waals surface area contributed by atoms with E-state index in [1.807, 2.05) is 25.1 Å². The molecule has 5 heteroatoms. The molecular weight excluding hydrogens is 212 g/mol. The minimum atomic E-state index is -0.605. The van der Waals surface area contributed by atoms with Gasteiger partial charge in [0.05, 0.1) is 5.52 Å². The minimum absolute atomic E-state index is 0.602. The van der Waals surface area contributed by atoms with Crippen LogP contribution < -0.4 is 11.1 Å². The first-order chi connectivity index (χ1) is 7.20. The monoisotopic (exact) mass is 222 g/mol. The van der Waals surface area contributed by atoms with E-state index in [2.05, 4.69) is 9.97 Å². The van der Waals surface area contributed by atoms with Crippen molar-refractivity contribution in [3.05, 3.63) is 37.7 Å². The Morgan fingerprint density at radius 2 is 2.07 bits per heavy atom. The molecule has 2 N–H and O–H groups in total. The predicted molar refractivity (Wildman–Crippen MR) is 62.4 cm³/mol. The van der Waals surface area contributed by atoms with Crippen LogP contribution in [-0.4, -0.2) is 9.97 Å². The number of H-pyrrole nitrogens is 2. The maximum Gasteiger partial charge on any atom is 0.314 e. The van der Waals surface area contributed by atoms with E-state index in [0.29, 0.717) is 10.3 Å². The van der Waals surface area contributed by atoms with Gasteiger partial charge in [-0.05, 0) is 18.6 Å². The molecule has 0 bridgehead atoms. The molecule has 0 spiro atoms. The Bertz CT molecular complexity index is 571. The fourth-order valence-electron chi connectivity index (χ4n) is 1.25. The van der Waals surface area contributed by atoms with E-state index < -0.39 is 11.1 Å². The van der Waals surface area contributed by atoms with E-state index in [4.69, 9.17) is 0 Å². The molecule has 0 saturated heterocycles. The molecule has 0 aromatic carbocycles. The van der Waals surface area contributed by atoms with Crippen LogP contribution in [-0.2, 0) is 0 Å². The van der Waals surface area contributed by atoms with Crippen molar-refractivity contribution in [2.45, 2.75) is 13.3 Å². The second-order valence-corrected chi connectivity index (χ2v) is 4.19. The van der Waals surface area contributed by atoms with Crippen LogP contribution in [0.3, 0.4) is 0 Å². The van der Waals surface area contributed by atoms with Gasteiger partial charge in [-0.25, -0.2) is 0 Å². The Hall–Kier alpha value is -1.62. The predicted octanol–water partition coefficient (Wildman–Crippen LogP) is 1.70. The number of hydrogen-bond acceptors (Lipinski definition) is 3. The summed E-state index contributed by atoms with van der Waals surface area (Å²) >= 11 is 1.45. The van der Waals surface area contributed by atoms with Crippen LogP contribution >= 0.6 is 11.3 Å². The largest absolute Gasteiger partial charge is 0.315 e. The average molecular weight is 222 g/mol. The van der Waals surface area contributed by atoms with Gasteiger partial charge in [-0.3, -0.25) is 9.59 Å². The molecule has 78 valence electrons. The molecule has 0 radical (unpaired) electrons. The van der Waals surface area contributed by atoms with Crippen molar-refractivity contribution in [2.75, 3.05) is 0 Å². The Morgan fingerprint density at radius 1 is 1.33 bits per heavy atom. The summed E-state index contributed by atoms with van der Waals surface area (Å²) in [6, 6.07) is 1.85. The van der Waals surface area contributed by atoms with Crippen molar-refractivity contribution in [3.8, 4) is 0 Å². The van der Waals surface area contributed by atoms with Gasteiger partial charge in [0.2, 0.25) is 0 Å². The summed E-state index contributed by atoms with van der Waals surface area (Å²) in [5.41, 5.74) is -0.526. The summed E-state index contributed by atoms with van der Waals surface area (Å²) in [5, 5.41) is 0. The van der Waals surface area contributed by atoms with E-state index in [-0.39, 0.29) is 0 Å². The lowest BCUT2D eigenvalue weighted by Crippen LogP contribution is -2.28. The number of allylic oxidation sites excluding steroid dienone is 1. The fraction of sp³-hybridized carbons (Fsp3) is 0.200. The zero-order valence-electron chi connectivity index (χ0n) is 8.16. The fourth-order valence-corrected chi connectivity index (χ4v) is 2.19. The van der Waals surface area contributed by atoms with Crippen LogP contribution in [0.2, 0.25) is 0 Å². The lowest BCUT2D eigenvalue weighted by atomic mass is 10.3. The molecule has 0 saturated carbocycles. The summed E-state index contributed by atoms with van der Waals surface area (Å²) in [5.74, 6) is 0. The lowest BCUT2D eigenvalue weighted by molar-refractivity contribution is 1.16. The van der Waals surface area contributed by atoms with Crippen LogP contribution in [0.5, 0.6) is 0 Å². The first-order valence-corrected chi connectivity index (χ1v) is 5.45. The van der Waals surface area contributed by atoms with Crippen molar-refractivity contribution in [2.24, 2.45) is 0 Å². The van der Waals surface area contributed by atoms with Gasteiger partial charge < -0.3 is 9.97 Å². The van der Waals surface area contributed by atoms with Gasteiger partial charge in [-0.2, -0.15) is 0 Å².